The van der Waals surface area contributed by atoms with Gasteiger partial charge in [-0.2, -0.15) is 0 Å². The number of carbonyl (C=O) groups is 2. The van der Waals surface area contributed by atoms with Crippen LogP contribution in [0.4, 0.5) is 0 Å². The molecule has 1 saturated heterocycles. The predicted octanol–water partition coefficient (Wildman–Crippen LogP) is 3.12. The van der Waals surface area contributed by atoms with Gasteiger partial charge in [0.1, 0.15) is 0 Å². The normalized spacial score (nSPS) is 18.0. The largest absolute Gasteiger partial charge is 0.481 e. The number of benzene rings is 1. The van der Waals surface area contributed by atoms with E-state index in [-0.39, 0.29) is 12.3 Å². The van der Waals surface area contributed by atoms with Crippen LogP contribution < -0.4 is 0 Å². The molecule has 2 N–H and O–H groups in total. The number of aromatic nitrogens is 1. The number of hydrogen-bond donors (Lipinski definition) is 2. The molecule has 1 amide bonds. The Morgan fingerprint density at radius 2 is 2.21 bits per heavy atom. The molecule has 1 aliphatic heterocycles. The number of aromatic amines is 1. The summed E-state index contributed by atoms with van der Waals surface area (Å²) >= 11 is 0. The van der Waals surface area contributed by atoms with Crippen LogP contribution in [0.3, 0.4) is 0 Å². The summed E-state index contributed by atoms with van der Waals surface area (Å²) < 4.78 is 0. The minimum absolute atomic E-state index is 0.136. The first-order valence-corrected chi connectivity index (χ1v) is 8.59. The molecule has 0 spiro atoms. The van der Waals surface area contributed by atoms with Crippen LogP contribution >= 0.6 is 0 Å². The highest BCUT2D eigenvalue weighted by molar-refractivity contribution is 5.89. The molecule has 2 aromatic rings. The Morgan fingerprint density at radius 1 is 1.38 bits per heavy atom. The van der Waals surface area contributed by atoms with Gasteiger partial charge >= 0.3 is 5.97 Å². The van der Waals surface area contributed by atoms with Crippen LogP contribution in [-0.4, -0.2) is 40.0 Å². The van der Waals surface area contributed by atoms with E-state index in [1.54, 1.807) is 0 Å². The van der Waals surface area contributed by atoms with Crippen molar-refractivity contribution in [3.05, 3.63) is 35.5 Å². The summed E-state index contributed by atoms with van der Waals surface area (Å²) in [6, 6.07) is 6.22. The van der Waals surface area contributed by atoms with E-state index in [0.29, 0.717) is 25.3 Å². The zero-order valence-electron chi connectivity index (χ0n) is 14.0. The second kappa shape index (κ2) is 7.07. The molecular weight excluding hydrogens is 304 g/mol. The van der Waals surface area contributed by atoms with Crippen molar-refractivity contribution in [1.29, 1.82) is 0 Å². The second-order valence-electron chi connectivity index (χ2n) is 6.82. The number of nitrogens with one attached hydrogen (secondary N) is 1. The minimum atomic E-state index is -0.757. The quantitative estimate of drug-likeness (QED) is 0.885. The summed E-state index contributed by atoms with van der Waals surface area (Å²) in [6.07, 6.45) is 5.15. The van der Waals surface area contributed by atoms with Gasteiger partial charge in [-0.1, -0.05) is 12.1 Å². The van der Waals surface area contributed by atoms with Crippen molar-refractivity contribution < 1.29 is 14.7 Å². The number of likely N-dealkylation sites (tertiary alicyclic amines) is 1. The highest BCUT2D eigenvalue weighted by atomic mass is 16.4. The molecule has 5 heteroatoms. The third kappa shape index (κ3) is 3.78. The average Bonchev–Trinajstić information content (AvgIpc) is 2.95. The average molecular weight is 328 g/mol. The molecule has 0 saturated carbocycles. The lowest BCUT2D eigenvalue weighted by Crippen LogP contribution is -2.40. The molecule has 5 nitrogen and oxygen atoms in total. The highest BCUT2D eigenvalue weighted by Gasteiger charge is 2.24. The van der Waals surface area contributed by atoms with Gasteiger partial charge in [-0.15, -0.1) is 0 Å². The molecule has 3 rings (SSSR count). The lowest BCUT2D eigenvalue weighted by Gasteiger charge is -2.32. The number of H-pyrrole nitrogens is 1. The Kier molecular flexibility index (Phi) is 4.88. The molecule has 0 bridgehead atoms. The Labute approximate surface area is 141 Å². The van der Waals surface area contributed by atoms with Gasteiger partial charge in [0.15, 0.2) is 0 Å². The summed E-state index contributed by atoms with van der Waals surface area (Å²) in [4.78, 5) is 28.5. The number of piperidine rings is 1. The standard InChI is InChI=1S/C19H24N2O3/c1-13-4-6-16-15(11-20-17(16)9-13)10-18(22)21-8-2-3-14(12-21)5-7-19(23)24/h4,6,9,11,14,20H,2-3,5,7-8,10,12H2,1H3,(H,23,24). The first kappa shape index (κ1) is 16.6. The maximum absolute atomic E-state index is 12.7. The predicted molar refractivity (Wildman–Crippen MR) is 92.9 cm³/mol. The van der Waals surface area contributed by atoms with E-state index in [4.69, 9.17) is 5.11 Å². The Hall–Kier alpha value is -2.30. The van der Waals surface area contributed by atoms with Crippen LogP contribution in [0, 0.1) is 12.8 Å². The first-order chi connectivity index (χ1) is 11.5. The minimum Gasteiger partial charge on any atom is -0.481 e. The van der Waals surface area contributed by atoms with Crippen molar-refractivity contribution in [2.24, 2.45) is 5.92 Å². The van der Waals surface area contributed by atoms with Crippen LogP contribution in [0.2, 0.25) is 0 Å². The Morgan fingerprint density at radius 3 is 3.00 bits per heavy atom. The number of aryl methyl sites for hydroxylation is 1. The van der Waals surface area contributed by atoms with Crippen molar-refractivity contribution in [2.75, 3.05) is 13.1 Å². The smallest absolute Gasteiger partial charge is 0.303 e. The van der Waals surface area contributed by atoms with E-state index in [2.05, 4.69) is 30.1 Å². The molecule has 0 aliphatic carbocycles. The number of carboxylic acid groups (broad SMARTS) is 1. The summed E-state index contributed by atoms with van der Waals surface area (Å²) in [5, 5.41) is 9.93. The number of aliphatic carboxylic acids is 1. The molecule has 24 heavy (non-hydrogen) atoms. The zero-order valence-corrected chi connectivity index (χ0v) is 14.0. The highest BCUT2D eigenvalue weighted by Crippen LogP contribution is 2.24. The number of fused-ring (bicyclic) bond motifs is 1. The second-order valence-corrected chi connectivity index (χ2v) is 6.82. The maximum atomic E-state index is 12.7. The first-order valence-electron chi connectivity index (χ1n) is 8.59. The molecular formula is C19H24N2O3. The van der Waals surface area contributed by atoms with Gasteiger partial charge < -0.3 is 15.0 Å². The molecule has 128 valence electrons. The monoisotopic (exact) mass is 328 g/mol. The molecule has 2 heterocycles. The number of hydrogen-bond acceptors (Lipinski definition) is 2. The fourth-order valence-corrected chi connectivity index (χ4v) is 3.58. The van der Waals surface area contributed by atoms with Crippen molar-refractivity contribution >= 4 is 22.8 Å². The van der Waals surface area contributed by atoms with Gasteiger partial charge in [0.05, 0.1) is 6.42 Å². The summed E-state index contributed by atoms with van der Waals surface area (Å²) in [5.74, 6) is -0.312. The van der Waals surface area contributed by atoms with Gasteiger partial charge in [0.25, 0.3) is 0 Å². The lowest BCUT2D eigenvalue weighted by molar-refractivity contribution is -0.137. The molecule has 1 unspecified atom stereocenters. The van der Waals surface area contributed by atoms with E-state index in [0.717, 1.165) is 35.9 Å². The molecule has 1 aromatic carbocycles. The third-order valence-electron chi connectivity index (χ3n) is 4.90. The maximum Gasteiger partial charge on any atom is 0.303 e. The van der Waals surface area contributed by atoms with Crippen LogP contribution in [-0.2, 0) is 16.0 Å². The fraction of sp³-hybridized carbons (Fsp3) is 0.474. The van der Waals surface area contributed by atoms with E-state index in [9.17, 15) is 9.59 Å². The number of carboxylic acids is 1. The number of rotatable bonds is 5. The van der Waals surface area contributed by atoms with Crippen LogP contribution in [0.1, 0.15) is 36.8 Å². The van der Waals surface area contributed by atoms with E-state index in [1.807, 2.05) is 11.1 Å². The SMILES string of the molecule is Cc1ccc2c(CC(=O)N3CCCC(CCC(=O)O)C3)c[nH]c2c1. The lowest BCUT2D eigenvalue weighted by atomic mass is 9.93. The van der Waals surface area contributed by atoms with Gasteiger partial charge in [-0.25, -0.2) is 0 Å². The van der Waals surface area contributed by atoms with Crippen molar-refractivity contribution in [1.82, 2.24) is 9.88 Å². The van der Waals surface area contributed by atoms with Crippen molar-refractivity contribution in [2.45, 2.75) is 39.0 Å². The molecule has 1 aliphatic rings. The van der Waals surface area contributed by atoms with Crippen LogP contribution in [0.15, 0.2) is 24.4 Å². The van der Waals surface area contributed by atoms with Gasteiger partial charge in [0, 0.05) is 36.6 Å². The number of amides is 1. The summed E-state index contributed by atoms with van der Waals surface area (Å²) in [6.45, 7) is 3.52. The number of nitrogens with zero attached hydrogens (tertiary/aromatic N) is 1. The zero-order chi connectivity index (χ0) is 17.1. The molecule has 1 atom stereocenters. The summed E-state index contributed by atoms with van der Waals surface area (Å²) in [5.41, 5.74) is 3.29. The van der Waals surface area contributed by atoms with E-state index < -0.39 is 5.97 Å². The Balaban J connectivity index is 1.64. The van der Waals surface area contributed by atoms with Gasteiger partial charge in [0.2, 0.25) is 5.91 Å². The van der Waals surface area contributed by atoms with Crippen molar-refractivity contribution in [3.63, 3.8) is 0 Å². The third-order valence-corrected chi connectivity index (χ3v) is 4.90. The van der Waals surface area contributed by atoms with Gasteiger partial charge in [-0.05, 0) is 49.3 Å². The van der Waals surface area contributed by atoms with Crippen LogP contribution in [0.25, 0.3) is 10.9 Å². The fourth-order valence-electron chi connectivity index (χ4n) is 3.58. The molecule has 0 radical (unpaired) electrons. The van der Waals surface area contributed by atoms with Crippen molar-refractivity contribution in [3.8, 4) is 0 Å². The van der Waals surface area contributed by atoms with E-state index in [1.165, 1.54) is 5.56 Å². The number of carbonyl (C=O) groups excluding carboxylic acids is 1. The molecule has 1 fully saturated rings. The molecule has 1 aromatic heterocycles. The summed E-state index contributed by atoms with van der Waals surface area (Å²) in [7, 11) is 0. The Bertz CT molecular complexity index is 750. The van der Waals surface area contributed by atoms with E-state index >= 15 is 0 Å². The van der Waals surface area contributed by atoms with Gasteiger partial charge in [-0.3, -0.25) is 9.59 Å². The topological polar surface area (TPSA) is 73.4 Å². The van der Waals surface area contributed by atoms with Crippen LogP contribution in [0.5, 0.6) is 0 Å².